The Morgan fingerprint density at radius 2 is 1.95 bits per heavy atom. The number of ether oxygens (including phenoxy) is 3. The Morgan fingerprint density at radius 3 is 2.62 bits per heavy atom. The second-order valence-corrected chi connectivity index (χ2v) is 5.17. The number of amides is 1. The van der Waals surface area contributed by atoms with Crippen LogP contribution in [0, 0.1) is 5.92 Å². The smallest absolute Gasteiger partial charge is 0.251 e. The summed E-state index contributed by atoms with van der Waals surface area (Å²) < 4.78 is 15.7. The Labute approximate surface area is 125 Å². The molecule has 116 valence electrons. The Hall–Kier alpha value is -1.75. The van der Waals surface area contributed by atoms with E-state index in [9.17, 15) is 4.79 Å². The largest absolute Gasteiger partial charge is 0.493 e. The highest BCUT2D eigenvalue weighted by molar-refractivity contribution is 5.94. The fourth-order valence-electron chi connectivity index (χ4n) is 2.50. The van der Waals surface area contributed by atoms with Crippen molar-refractivity contribution in [2.45, 2.75) is 19.3 Å². The number of hydrogen-bond acceptors (Lipinski definition) is 4. The molecule has 1 aliphatic rings. The first-order valence-corrected chi connectivity index (χ1v) is 7.32. The SMILES string of the molecule is COc1ccc(C(=O)NCCC2CCOCC2)cc1OC. The van der Waals surface area contributed by atoms with Crippen LogP contribution in [0.5, 0.6) is 11.5 Å². The number of hydrogen-bond donors (Lipinski definition) is 1. The van der Waals surface area contributed by atoms with E-state index in [-0.39, 0.29) is 5.91 Å². The van der Waals surface area contributed by atoms with Gasteiger partial charge in [0.1, 0.15) is 0 Å². The van der Waals surface area contributed by atoms with Crippen molar-refractivity contribution in [3.05, 3.63) is 23.8 Å². The van der Waals surface area contributed by atoms with E-state index < -0.39 is 0 Å². The Morgan fingerprint density at radius 1 is 1.24 bits per heavy atom. The molecule has 0 aliphatic carbocycles. The van der Waals surface area contributed by atoms with Crippen molar-refractivity contribution in [1.29, 1.82) is 0 Å². The maximum atomic E-state index is 12.1. The van der Waals surface area contributed by atoms with Gasteiger partial charge in [-0.15, -0.1) is 0 Å². The molecule has 0 radical (unpaired) electrons. The predicted octanol–water partition coefficient (Wildman–Crippen LogP) is 2.25. The molecule has 0 atom stereocenters. The van der Waals surface area contributed by atoms with Gasteiger partial charge in [0.15, 0.2) is 11.5 Å². The van der Waals surface area contributed by atoms with Crippen LogP contribution in [0.15, 0.2) is 18.2 Å². The molecule has 1 fully saturated rings. The quantitative estimate of drug-likeness (QED) is 0.874. The molecule has 0 bridgehead atoms. The summed E-state index contributed by atoms with van der Waals surface area (Å²) in [7, 11) is 3.14. The van der Waals surface area contributed by atoms with Crippen LogP contribution in [0.2, 0.25) is 0 Å². The fourth-order valence-corrected chi connectivity index (χ4v) is 2.50. The zero-order valence-corrected chi connectivity index (χ0v) is 12.7. The van der Waals surface area contributed by atoms with Gasteiger partial charge in [-0.3, -0.25) is 4.79 Å². The van der Waals surface area contributed by atoms with Gasteiger partial charge in [-0.2, -0.15) is 0 Å². The highest BCUT2D eigenvalue weighted by Gasteiger charge is 2.14. The van der Waals surface area contributed by atoms with Crippen LogP contribution in [0.1, 0.15) is 29.6 Å². The Bertz CT molecular complexity index is 469. The molecule has 1 aromatic carbocycles. The summed E-state index contributed by atoms with van der Waals surface area (Å²) in [5.74, 6) is 1.76. The van der Waals surface area contributed by atoms with E-state index in [2.05, 4.69) is 5.32 Å². The average molecular weight is 293 g/mol. The van der Waals surface area contributed by atoms with E-state index in [1.807, 2.05) is 0 Å². The zero-order valence-electron chi connectivity index (χ0n) is 12.7. The number of carbonyl (C=O) groups excluding carboxylic acids is 1. The minimum atomic E-state index is -0.0805. The summed E-state index contributed by atoms with van der Waals surface area (Å²) in [6.07, 6.45) is 3.18. The molecule has 1 saturated heterocycles. The van der Waals surface area contributed by atoms with Crippen molar-refractivity contribution in [2.24, 2.45) is 5.92 Å². The topological polar surface area (TPSA) is 56.8 Å². The highest BCUT2D eigenvalue weighted by atomic mass is 16.5. The molecule has 1 aliphatic heterocycles. The molecule has 0 aromatic heterocycles. The van der Waals surface area contributed by atoms with Crippen LogP contribution >= 0.6 is 0 Å². The van der Waals surface area contributed by atoms with E-state index in [1.54, 1.807) is 32.4 Å². The number of methoxy groups -OCH3 is 2. The molecule has 5 nitrogen and oxygen atoms in total. The molecule has 5 heteroatoms. The van der Waals surface area contributed by atoms with Gasteiger partial charge in [-0.25, -0.2) is 0 Å². The normalized spacial score (nSPS) is 15.5. The van der Waals surface area contributed by atoms with Crippen molar-refractivity contribution < 1.29 is 19.0 Å². The van der Waals surface area contributed by atoms with E-state index >= 15 is 0 Å². The van der Waals surface area contributed by atoms with Gasteiger partial charge < -0.3 is 19.5 Å². The number of carbonyl (C=O) groups is 1. The summed E-state index contributed by atoms with van der Waals surface area (Å²) in [6, 6.07) is 5.18. The molecule has 1 N–H and O–H groups in total. The molecule has 1 aromatic rings. The van der Waals surface area contributed by atoms with Gasteiger partial charge in [0.2, 0.25) is 0 Å². The molecule has 2 rings (SSSR count). The number of rotatable bonds is 6. The Kier molecular flexibility index (Phi) is 5.87. The second kappa shape index (κ2) is 7.88. The second-order valence-electron chi connectivity index (χ2n) is 5.17. The minimum absolute atomic E-state index is 0.0805. The van der Waals surface area contributed by atoms with Gasteiger partial charge in [-0.05, 0) is 43.4 Å². The van der Waals surface area contributed by atoms with Gasteiger partial charge in [-0.1, -0.05) is 0 Å². The van der Waals surface area contributed by atoms with E-state index in [1.165, 1.54) is 0 Å². The van der Waals surface area contributed by atoms with Crippen molar-refractivity contribution in [3.8, 4) is 11.5 Å². The van der Waals surface area contributed by atoms with Crippen molar-refractivity contribution in [3.63, 3.8) is 0 Å². The minimum Gasteiger partial charge on any atom is -0.493 e. The van der Waals surface area contributed by atoms with Crippen LogP contribution in [0.25, 0.3) is 0 Å². The van der Waals surface area contributed by atoms with Gasteiger partial charge >= 0.3 is 0 Å². The molecular formula is C16H23NO4. The summed E-state index contributed by atoms with van der Waals surface area (Å²) in [5.41, 5.74) is 0.583. The molecule has 1 heterocycles. The van der Waals surface area contributed by atoms with E-state index in [4.69, 9.17) is 14.2 Å². The molecule has 1 amide bonds. The third-order valence-electron chi connectivity index (χ3n) is 3.82. The maximum absolute atomic E-state index is 12.1. The van der Waals surface area contributed by atoms with Crippen LogP contribution in [-0.2, 0) is 4.74 Å². The van der Waals surface area contributed by atoms with Crippen molar-refractivity contribution in [2.75, 3.05) is 34.0 Å². The third kappa shape index (κ3) is 4.36. The van der Waals surface area contributed by atoms with Crippen LogP contribution in [0.3, 0.4) is 0 Å². The fraction of sp³-hybridized carbons (Fsp3) is 0.562. The summed E-state index contributed by atoms with van der Waals surface area (Å²) in [6.45, 7) is 2.38. The lowest BCUT2D eigenvalue weighted by atomic mass is 9.97. The first-order valence-electron chi connectivity index (χ1n) is 7.32. The van der Waals surface area contributed by atoms with Crippen LogP contribution in [-0.4, -0.2) is 39.9 Å². The van der Waals surface area contributed by atoms with Gasteiger partial charge in [0.05, 0.1) is 14.2 Å². The summed E-state index contributed by atoms with van der Waals surface area (Å²) in [5, 5.41) is 2.96. The zero-order chi connectivity index (χ0) is 15.1. The van der Waals surface area contributed by atoms with Crippen LogP contribution in [0.4, 0.5) is 0 Å². The maximum Gasteiger partial charge on any atom is 0.251 e. The summed E-state index contributed by atoms with van der Waals surface area (Å²) >= 11 is 0. The van der Waals surface area contributed by atoms with Crippen molar-refractivity contribution in [1.82, 2.24) is 5.32 Å². The van der Waals surface area contributed by atoms with E-state index in [0.717, 1.165) is 32.5 Å². The monoisotopic (exact) mass is 293 g/mol. The molecule has 0 spiro atoms. The van der Waals surface area contributed by atoms with Crippen molar-refractivity contribution >= 4 is 5.91 Å². The molecule has 0 unspecified atom stereocenters. The molecular weight excluding hydrogens is 270 g/mol. The Balaban J connectivity index is 1.85. The molecule has 21 heavy (non-hydrogen) atoms. The first kappa shape index (κ1) is 15.6. The van der Waals surface area contributed by atoms with Gasteiger partial charge in [0.25, 0.3) is 5.91 Å². The number of benzene rings is 1. The molecule has 0 saturated carbocycles. The lowest BCUT2D eigenvalue weighted by Gasteiger charge is -2.21. The lowest BCUT2D eigenvalue weighted by molar-refractivity contribution is 0.0636. The third-order valence-corrected chi connectivity index (χ3v) is 3.82. The standard InChI is InChI=1S/C16H23NO4/c1-19-14-4-3-13(11-15(14)20-2)16(18)17-8-5-12-6-9-21-10-7-12/h3-4,11-12H,5-10H2,1-2H3,(H,17,18). The predicted molar refractivity (Wildman–Crippen MR) is 80.0 cm³/mol. The average Bonchev–Trinajstić information content (AvgIpc) is 2.55. The highest BCUT2D eigenvalue weighted by Crippen LogP contribution is 2.27. The van der Waals surface area contributed by atoms with E-state index in [0.29, 0.717) is 29.5 Å². The lowest BCUT2D eigenvalue weighted by Crippen LogP contribution is -2.27. The number of nitrogens with one attached hydrogen (secondary N) is 1. The van der Waals surface area contributed by atoms with Crippen LogP contribution < -0.4 is 14.8 Å². The summed E-state index contributed by atoms with van der Waals surface area (Å²) in [4.78, 5) is 12.1. The van der Waals surface area contributed by atoms with Gasteiger partial charge in [0, 0.05) is 25.3 Å². The first-order chi connectivity index (χ1) is 10.2.